The predicted octanol–water partition coefficient (Wildman–Crippen LogP) is 2.44. The Balaban J connectivity index is 2.44. The van der Waals surface area contributed by atoms with Gasteiger partial charge in [-0.05, 0) is 49.9 Å². The molecule has 0 heterocycles. The first kappa shape index (κ1) is 18.0. The zero-order valence-electron chi connectivity index (χ0n) is 13.9. The van der Waals surface area contributed by atoms with Gasteiger partial charge >= 0.3 is 5.97 Å². The maximum Gasteiger partial charge on any atom is 0.345 e. The number of ether oxygens (including phenoxy) is 1. The third-order valence-corrected chi connectivity index (χ3v) is 4.87. The standard InChI is InChI=1S/C16H29NO4/c1-15(2,3)12-8-6-11(7-9-12)10-17-13(18)16(4,21-5)14(19)20/h11-12H,6-10H2,1-5H3,(H,17,18)(H,19,20). The van der Waals surface area contributed by atoms with Gasteiger partial charge in [0.15, 0.2) is 0 Å². The lowest BCUT2D eigenvalue weighted by atomic mass is 9.70. The van der Waals surface area contributed by atoms with E-state index in [0.717, 1.165) is 18.8 Å². The van der Waals surface area contributed by atoms with Crippen LogP contribution in [-0.2, 0) is 14.3 Å². The van der Waals surface area contributed by atoms with Crippen molar-refractivity contribution in [3.8, 4) is 0 Å². The van der Waals surface area contributed by atoms with E-state index < -0.39 is 17.5 Å². The summed E-state index contributed by atoms with van der Waals surface area (Å²) >= 11 is 0. The highest BCUT2D eigenvalue weighted by Crippen LogP contribution is 2.39. The van der Waals surface area contributed by atoms with Crippen LogP contribution in [-0.4, -0.2) is 36.2 Å². The SMILES string of the molecule is COC(C)(C(=O)O)C(=O)NCC1CCC(C(C)(C)C)CC1. The van der Waals surface area contributed by atoms with E-state index in [1.807, 2.05) is 0 Å². The molecule has 5 nitrogen and oxygen atoms in total. The molecule has 1 aliphatic carbocycles. The van der Waals surface area contributed by atoms with E-state index in [9.17, 15) is 9.59 Å². The van der Waals surface area contributed by atoms with Crippen molar-refractivity contribution < 1.29 is 19.4 Å². The van der Waals surface area contributed by atoms with Crippen LogP contribution in [0.2, 0.25) is 0 Å². The summed E-state index contributed by atoms with van der Waals surface area (Å²) in [6, 6.07) is 0. The fraction of sp³-hybridized carbons (Fsp3) is 0.875. The number of nitrogens with one attached hydrogen (secondary N) is 1. The molecule has 0 saturated heterocycles. The molecule has 0 bridgehead atoms. The maximum atomic E-state index is 12.0. The van der Waals surface area contributed by atoms with Crippen molar-refractivity contribution >= 4 is 11.9 Å². The lowest BCUT2D eigenvalue weighted by Crippen LogP contribution is -2.52. The summed E-state index contributed by atoms with van der Waals surface area (Å²) < 4.78 is 4.85. The first-order valence-electron chi connectivity index (χ1n) is 7.68. The van der Waals surface area contributed by atoms with Crippen molar-refractivity contribution in [2.24, 2.45) is 17.3 Å². The van der Waals surface area contributed by atoms with Gasteiger partial charge in [0.2, 0.25) is 5.60 Å². The third-order valence-electron chi connectivity index (χ3n) is 4.87. The van der Waals surface area contributed by atoms with Crippen LogP contribution in [0.1, 0.15) is 53.4 Å². The molecule has 0 radical (unpaired) electrons. The molecule has 1 atom stereocenters. The van der Waals surface area contributed by atoms with Crippen LogP contribution in [0.4, 0.5) is 0 Å². The average molecular weight is 299 g/mol. The van der Waals surface area contributed by atoms with Crippen LogP contribution in [0, 0.1) is 17.3 Å². The molecule has 0 spiro atoms. The molecule has 0 aromatic heterocycles. The van der Waals surface area contributed by atoms with E-state index in [2.05, 4.69) is 26.1 Å². The number of carbonyl (C=O) groups excluding carboxylic acids is 1. The Bertz CT molecular complexity index is 380. The van der Waals surface area contributed by atoms with Crippen molar-refractivity contribution in [1.29, 1.82) is 0 Å². The van der Waals surface area contributed by atoms with Gasteiger partial charge in [0.25, 0.3) is 5.91 Å². The maximum absolute atomic E-state index is 12.0. The van der Waals surface area contributed by atoms with Gasteiger partial charge in [-0.15, -0.1) is 0 Å². The number of amides is 1. The zero-order valence-corrected chi connectivity index (χ0v) is 13.9. The van der Waals surface area contributed by atoms with Crippen molar-refractivity contribution in [3.63, 3.8) is 0 Å². The molecule has 1 rings (SSSR count). The van der Waals surface area contributed by atoms with Gasteiger partial charge in [0, 0.05) is 13.7 Å². The lowest BCUT2D eigenvalue weighted by molar-refractivity contribution is -0.167. The highest BCUT2D eigenvalue weighted by molar-refractivity contribution is 6.04. The molecule has 0 aromatic carbocycles. The van der Waals surface area contributed by atoms with Gasteiger partial charge in [-0.1, -0.05) is 20.8 Å². The van der Waals surface area contributed by atoms with Crippen LogP contribution >= 0.6 is 0 Å². The second kappa shape index (κ2) is 6.77. The minimum Gasteiger partial charge on any atom is -0.479 e. The van der Waals surface area contributed by atoms with Crippen molar-refractivity contribution in [2.45, 2.75) is 59.0 Å². The fourth-order valence-corrected chi connectivity index (χ4v) is 2.92. The van der Waals surface area contributed by atoms with Crippen molar-refractivity contribution in [3.05, 3.63) is 0 Å². The van der Waals surface area contributed by atoms with Crippen molar-refractivity contribution in [2.75, 3.05) is 13.7 Å². The van der Waals surface area contributed by atoms with Crippen LogP contribution in [0.15, 0.2) is 0 Å². The Morgan fingerprint density at radius 3 is 2.05 bits per heavy atom. The van der Waals surface area contributed by atoms with Gasteiger partial charge in [0.05, 0.1) is 0 Å². The smallest absolute Gasteiger partial charge is 0.345 e. The Labute approximate surface area is 127 Å². The molecular weight excluding hydrogens is 270 g/mol. The summed E-state index contributed by atoms with van der Waals surface area (Å²) in [7, 11) is 1.24. The third kappa shape index (κ3) is 4.43. The van der Waals surface area contributed by atoms with E-state index in [-0.39, 0.29) is 0 Å². The summed E-state index contributed by atoms with van der Waals surface area (Å²) in [4.78, 5) is 23.1. The summed E-state index contributed by atoms with van der Waals surface area (Å²) in [6.07, 6.45) is 4.51. The molecule has 1 aliphatic rings. The van der Waals surface area contributed by atoms with Gasteiger partial charge in [-0.2, -0.15) is 0 Å². The van der Waals surface area contributed by atoms with Crippen molar-refractivity contribution in [1.82, 2.24) is 5.32 Å². The van der Waals surface area contributed by atoms with Crippen LogP contribution in [0.5, 0.6) is 0 Å². The number of carboxylic acids is 1. The second-order valence-corrected chi connectivity index (χ2v) is 7.34. The Kier molecular flexibility index (Phi) is 5.79. The number of carboxylic acid groups (broad SMARTS) is 1. The van der Waals surface area contributed by atoms with E-state index >= 15 is 0 Å². The molecular formula is C16H29NO4. The Morgan fingerprint density at radius 1 is 1.14 bits per heavy atom. The van der Waals surface area contributed by atoms with Gasteiger partial charge in [-0.25, -0.2) is 4.79 Å². The minimum atomic E-state index is -1.80. The first-order valence-corrected chi connectivity index (χ1v) is 7.68. The number of carbonyl (C=O) groups is 2. The fourth-order valence-electron chi connectivity index (χ4n) is 2.92. The topological polar surface area (TPSA) is 75.6 Å². The molecule has 0 aliphatic heterocycles. The van der Waals surface area contributed by atoms with Gasteiger partial charge in [0.1, 0.15) is 0 Å². The summed E-state index contributed by atoms with van der Waals surface area (Å²) in [5.74, 6) is -0.676. The van der Waals surface area contributed by atoms with Gasteiger partial charge < -0.3 is 15.2 Å². The second-order valence-electron chi connectivity index (χ2n) is 7.34. The summed E-state index contributed by atoms with van der Waals surface area (Å²) in [5.41, 5.74) is -1.46. The van der Waals surface area contributed by atoms with E-state index in [1.54, 1.807) is 0 Å². The highest BCUT2D eigenvalue weighted by atomic mass is 16.5. The molecule has 1 unspecified atom stereocenters. The zero-order chi connectivity index (χ0) is 16.3. The van der Waals surface area contributed by atoms with E-state index in [4.69, 9.17) is 9.84 Å². The quantitative estimate of drug-likeness (QED) is 0.765. The predicted molar refractivity (Wildman–Crippen MR) is 81.0 cm³/mol. The normalized spacial score (nSPS) is 26.0. The summed E-state index contributed by atoms with van der Waals surface area (Å²) in [5, 5.41) is 11.8. The van der Waals surface area contributed by atoms with Crippen LogP contribution in [0.25, 0.3) is 0 Å². The molecule has 0 aromatic rings. The molecule has 5 heteroatoms. The summed E-state index contributed by atoms with van der Waals surface area (Å²) in [6.45, 7) is 8.63. The molecule has 122 valence electrons. The Hall–Kier alpha value is -1.10. The number of rotatable bonds is 5. The minimum absolute atomic E-state index is 0.339. The number of aliphatic carboxylic acids is 1. The van der Waals surface area contributed by atoms with Crippen LogP contribution < -0.4 is 5.32 Å². The number of hydrogen-bond acceptors (Lipinski definition) is 3. The first-order chi connectivity index (χ1) is 9.61. The highest BCUT2D eigenvalue weighted by Gasteiger charge is 2.42. The average Bonchev–Trinajstić information content (AvgIpc) is 2.43. The van der Waals surface area contributed by atoms with Gasteiger partial charge in [-0.3, -0.25) is 4.79 Å². The Morgan fingerprint density at radius 2 is 1.67 bits per heavy atom. The molecule has 1 saturated carbocycles. The molecule has 2 N–H and O–H groups in total. The molecule has 1 amide bonds. The number of methoxy groups -OCH3 is 1. The number of hydrogen-bond donors (Lipinski definition) is 2. The van der Waals surface area contributed by atoms with E-state index in [1.165, 1.54) is 26.9 Å². The largest absolute Gasteiger partial charge is 0.479 e. The molecule has 21 heavy (non-hydrogen) atoms. The monoisotopic (exact) mass is 299 g/mol. The lowest BCUT2D eigenvalue weighted by Gasteiger charge is -2.37. The molecule has 1 fully saturated rings. The van der Waals surface area contributed by atoms with Crippen LogP contribution in [0.3, 0.4) is 0 Å². The van der Waals surface area contributed by atoms with E-state index in [0.29, 0.717) is 17.9 Å².